The Morgan fingerprint density at radius 2 is 1.40 bits per heavy atom. The summed E-state index contributed by atoms with van der Waals surface area (Å²) in [6, 6.07) is 15.6. The Morgan fingerprint density at radius 1 is 0.840 bits per heavy atom. The topological polar surface area (TPSA) is 57.7 Å². The Bertz CT molecular complexity index is 798. The van der Waals surface area contributed by atoms with Gasteiger partial charge in [0.05, 0.1) is 4.90 Å². The monoisotopic (exact) mass is 360 g/mol. The molecule has 0 heterocycles. The molecule has 134 valence electrons. The van der Waals surface area contributed by atoms with Crippen LogP contribution in [0.1, 0.15) is 31.1 Å². The number of carbonyl (C=O) groups is 1. The van der Waals surface area contributed by atoms with Gasteiger partial charge in [-0.2, -0.15) is 4.31 Å². The van der Waals surface area contributed by atoms with E-state index in [0.717, 1.165) is 5.69 Å². The zero-order valence-corrected chi connectivity index (χ0v) is 15.7. The van der Waals surface area contributed by atoms with Crippen molar-refractivity contribution in [2.24, 2.45) is 0 Å². The van der Waals surface area contributed by atoms with Crippen molar-refractivity contribution in [1.82, 2.24) is 4.31 Å². The van der Waals surface area contributed by atoms with Gasteiger partial charge in [-0.15, -0.1) is 0 Å². The van der Waals surface area contributed by atoms with E-state index in [2.05, 4.69) is 0 Å². The Kier molecular flexibility index (Phi) is 6.33. The highest BCUT2D eigenvalue weighted by atomic mass is 32.2. The molecule has 6 heteroatoms. The fourth-order valence-corrected chi connectivity index (χ4v) is 4.15. The Labute approximate surface area is 149 Å². The zero-order chi connectivity index (χ0) is 18.4. The van der Waals surface area contributed by atoms with Crippen LogP contribution in [0.15, 0.2) is 59.5 Å². The zero-order valence-electron chi connectivity index (χ0n) is 14.8. The molecule has 2 aromatic carbocycles. The Balaban J connectivity index is 2.29. The quantitative estimate of drug-likeness (QED) is 0.760. The van der Waals surface area contributed by atoms with Crippen LogP contribution >= 0.6 is 0 Å². The Hall–Kier alpha value is -2.18. The molecule has 0 aromatic heterocycles. The first-order valence-corrected chi connectivity index (χ1v) is 9.86. The minimum atomic E-state index is -3.51. The van der Waals surface area contributed by atoms with Gasteiger partial charge in [0.25, 0.3) is 5.91 Å². The third kappa shape index (κ3) is 4.08. The average molecular weight is 360 g/mol. The minimum Gasteiger partial charge on any atom is -0.309 e. The van der Waals surface area contributed by atoms with Crippen LogP contribution in [-0.2, 0) is 10.0 Å². The van der Waals surface area contributed by atoms with Gasteiger partial charge in [-0.3, -0.25) is 4.79 Å². The van der Waals surface area contributed by atoms with Gasteiger partial charge in [-0.1, -0.05) is 32.0 Å². The second kappa shape index (κ2) is 8.27. The van der Waals surface area contributed by atoms with E-state index in [9.17, 15) is 13.2 Å². The summed E-state index contributed by atoms with van der Waals surface area (Å²) in [5.74, 6) is -0.152. The van der Waals surface area contributed by atoms with Gasteiger partial charge >= 0.3 is 0 Å². The van der Waals surface area contributed by atoms with E-state index >= 15 is 0 Å². The van der Waals surface area contributed by atoms with Crippen molar-refractivity contribution in [3.8, 4) is 0 Å². The summed E-state index contributed by atoms with van der Waals surface area (Å²) < 4.78 is 26.4. The number of nitrogens with zero attached hydrogens (tertiary/aromatic N) is 2. The smallest absolute Gasteiger partial charge is 0.258 e. The predicted octanol–water partition coefficient (Wildman–Crippen LogP) is 3.38. The van der Waals surface area contributed by atoms with E-state index in [1.807, 2.05) is 37.3 Å². The summed E-state index contributed by atoms with van der Waals surface area (Å²) in [5.41, 5.74) is 1.28. The number of rotatable bonds is 7. The van der Waals surface area contributed by atoms with Crippen molar-refractivity contribution in [2.75, 3.05) is 24.5 Å². The number of hydrogen-bond acceptors (Lipinski definition) is 3. The fourth-order valence-electron chi connectivity index (χ4n) is 2.69. The van der Waals surface area contributed by atoms with Crippen LogP contribution in [-0.4, -0.2) is 38.3 Å². The molecule has 0 radical (unpaired) electrons. The molecule has 0 spiro atoms. The van der Waals surface area contributed by atoms with Crippen LogP contribution in [0.5, 0.6) is 0 Å². The second-order valence-electron chi connectivity index (χ2n) is 5.50. The molecular weight excluding hydrogens is 336 g/mol. The third-order valence-corrected chi connectivity index (χ3v) is 6.14. The molecule has 0 aliphatic heterocycles. The SMILES string of the molecule is CCN(C(=O)c1ccc(S(=O)(=O)N(CC)CC)cc1)c1ccccc1. The molecule has 0 aliphatic rings. The lowest BCUT2D eigenvalue weighted by atomic mass is 10.2. The van der Waals surface area contributed by atoms with Gasteiger partial charge in [0, 0.05) is 30.9 Å². The number of anilines is 1. The summed E-state index contributed by atoms with van der Waals surface area (Å²) in [6.45, 7) is 6.87. The van der Waals surface area contributed by atoms with Crippen molar-refractivity contribution in [3.63, 3.8) is 0 Å². The lowest BCUT2D eigenvalue weighted by molar-refractivity contribution is 0.0988. The number of para-hydroxylation sites is 1. The molecule has 25 heavy (non-hydrogen) atoms. The first kappa shape index (κ1) is 19.1. The van der Waals surface area contributed by atoms with E-state index in [4.69, 9.17) is 0 Å². The summed E-state index contributed by atoms with van der Waals surface area (Å²) in [6.07, 6.45) is 0. The van der Waals surface area contributed by atoms with E-state index in [0.29, 0.717) is 25.2 Å². The van der Waals surface area contributed by atoms with Gasteiger partial charge in [-0.05, 0) is 43.3 Å². The van der Waals surface area contributed by atoms with Gasteiger partial charge < -0.3 is 4.90 Å². The Morgan fingerprint density at radius 3 is 1.88 bits per heavy atom. The van der Waals surface area contributed by atoms with E-state index in [1.54, 1.807) is 30.9 Å². The molecule has 2 aromatic rings. The van der Waals surface area contributed by atoms with E-state index in [1.165, 1.54) is 16.4 Å². The van der Waals surface area contributed by atoms with Gasteiger partial charge in [0.1, 0.15) is 0 Å². The summed E-state index contributed by atoms with van der Waals surface area (Å²) in [4.78, 5) is 14.6. The summed E-state index contributed by atoms with van der Waals surface area (Å²) in [7, 11) is -3.51. The normalized spacial score (nSPS) is 11.5. The highest BCUT2D eigenvalue weighted by Crippen LogP contribution is 2.20. The maximum atomic E-state index is 12.7. The number of amides is 1. The largest absolute Gasteiger partial charge is 0.309 e. The van der Waals surface area contributed by atoms with Crippen LogP contribution < -0.4 is 4.90 Å². The van der Waals surface area contributed by atoms with Crippen molar-refractivity contribution in [1.29, 1.82) is 0 Å². The maximum Gasteiger partial charge on any atom is 0.258 e. The molecule has 2 rings (SSSR count). The molecule has 0 saturated heterocycles. The van der Waals surface area contributed by atoms with Gasteiger partial charge in [0.15, 0.2) is 0 Å². The average Bonchev–Trinajstić information content (AvgIpc) is 2.64. The van der Waals surface area contributed by atoms with Crippen LogP contribution in [0.3, 0.4) is 0 Å². The summed E-state index contributed by atoms with van der Waals surface area (Å²) >= 11 is 0. The summed E-state index contributed by atoms with van der Waals surface area (Å²) in [5, 5.41) is 0. The number of benzene rings is 2. The van der Waals surface area contributed by atoms with Gasteiger partial charge in [-0.25, -0.2) is 8.42 Å². The molecule has 0 fully saturated rings. The molecule has 0 N–H and O–H groups in total. The molecular formula is C19H24N2O3S. The van der Waals surface area contributed by atoms with Gasteiger partial charge in [0.2, 0.25) is 10.0 Å². The minimum absolute atomic E-state index is 0.152. The molecule has 0 atom stereocenters. The molecule has 1 amide bonds. The van der Waals surface area contributed by atoms with E-state index in [-0.39, 0.29) is 10.8 Å². The third-order valence-electron chi connectivity index (χ3n) is 4.07. The van der Waals surface area contributed by atoms with Crippen molar-refractivity contribution >= 4 is 21.6 Å². The standard InChI is InChI=1S/C19H24N2O3S/c1-4-20(5-2)25(23,24)18-14-12-16(13-15-18)19(22)21(6-3)17-10-8-7-9-11-17/h7-15H,4-6H2,1-3H3. The van der Waals surface area contributed by atoms with Crippen LogP contribution in [0.4, 0.5) is 5.69 Å². The maximum absolute atomic E-state index is 12.7. The molecule has 5 nitrogen and oxygen atoms in total. The molecule has 0 saturated carbocycles. The van der Waals surface area contributed by atoms with Crippen LogP contribution in [0.25, 0.3) is 0 Å². The van der Waals surface area contributed by atoms with Crippen LogP contribution in [0, 0.1) is 0 Å². The second-order valence-corrected chi connectivity index (χ2v) is 7.44. The predicted molar refractivity (Wildman–Crippen MR) is 100 cm³/mol. The molecule has 0 aliphatic carbocycles. The van der Waals surface area contributed by atoms with Crippen molar-refractivity contribution < 1.29 is 13.2 Å². The first-order valence-electron chi connectivity index (χ1n) is 8.42. The number of hydrogen-bond donors (Lipinski definition) is 0. The number of sulfonamides is 1. The fraction of sp³-hybridized carbons (Fsp3) is 0.316. The highest BCUT2D eigenvalue weighted by Gasteiger charge is 2.22. The lowest BCUT2D eigenvalue weighted by Crippen LogP contribution is -2.31. The molecule has 0 bridgehead atoms. The molecule has 0 unspecified atom stereocenters. The van der Waals surface area contributed by atoms with Crippen LogP contribution in [0.2, 0.25) is 0 Å². The van der Waals surface area contributed by atoms with Crippen molar-refractivity contribution in [2.45, 2.75) is 25.7 Å². The number of carbonyl (C=O) groups excluding carboxylic acids is 1. The highest BCUT2D eigenvalue weighted by molar-refractivity contribution is 7.89. The lowest BCUT2D eigenvalue weighted by Gasteiger charge is -2.22. The van der Waals surface area contributed by atoms with E-state index < -0.39 is 10.0 Å². The first-order chi connectivity index (χ1) is 12.0. The van der Waals surface area contributed by atoms with Crippen molar-refractivity contribution in [3.05, 3.63) is 60.2 Å².